The van der Waals surface area contributed by atoms with Gasteiger partial charge in [0.1, 0.15) is 23.7 Å². The topological polar surface area (TPSA) is 84.5 Å². The lowest BCUT2D eigenvalue weighted by molar-refractivity contribution is 0.186. The summed E-state index contributed by atoms with van der Waals surface area (Å²) in [6, 6.07) is 18.2. The average molecular weight is 441 g/mol. The molecule has 1 spiro atoms. The minimum atomic E-state index is -0.176. The summed E-state index contributed by atoms with van der Waals surface area (Å²) >= 11 is 0. The average Bonchev–Trinajstić information content (AvgIpc) is 3.14. The maximum atomic E-state index is 9.94. The summed E-state index contributed by atoms with van der Waals surface area (Å²) < 4.78 is 5.59. The van der Waals surface area contributed by atoms with Gasteiger partial charge in [-0.25, -0.2) is 9.97 Å². The van der Waals surface area contributed by atoms with Crippen molar-refractivity contribution in [2.45, 2.75) is 31.9 Å². The molecule has 1 aliphatic carbocycles. The lowest BCUT2D eigenvalue weighted by atomic mass is 9.73. The Hall–Kier alpha value is -3.40. The van der Waals surface area contributed by atoms with Crippen molar-refractivity contribution in [3.63, 3.8) is 0 Å². The molecule has 2 aliphatic rings. The SMILES string of the molecule is N[C@@H]1c2ccccc2CC12CCN(c1ncc(C#CCOc3ccccc3)nc1CO)CC2. The zero-order chi connectivity index (χ0) is 22.7. The van der Waals surface area contributed by atoms with Crippen LogP contribution in [0.2, 0.25) is 0 Å². The highest BCUT2D eigenvalue weighted by molar-refractivity contribution is 5.47. The Morgan fingerprint density at radius 2 is 1.85 bits per heavy atom. The summed E-state index contributed by atoms with van der Waals surface area (Å²) in [6.45, 7) is 1.78. The van der Waals surface area contributed by atoms with E-state index in [0.29, 0.717) is 11.4 Å². The van der Waals surface area contributed by atoms with Crippen LogP contribution in [0.1, 0.15) is 41.4 Å². The van der Waals surface area contributed by atoms with Crippen molar-refractivity contribution in [1.82, 2.24) is 9.97 Å². The third-order valence-electron chi connectivity index (χ3n) is 6.89. The molecule has 0 unspecified atom stereocenters. The van der Waals surface area contributed by atoms with Gasteiger partial charge in [0.15, 0.2) is 5.82 Å². The first-order valence-electron chi connectivity index (χ1n) is 11.4. The van der Waals surface area contributed by atoms with Gasteiger partial charge in [-0.3, -0.25) is 0 Å². The second-order valence-electron chi connectivity index (χ2n) is 8.79. The second kappa shape index (κ2) is 9.22. The summed E-state index contributed by atoms with van der Waals surface area (Å²) in [6.07, 6.45) is 4.70. The van der Waals surface area contributed by atoms with E-state index < -0.39 is 0 Å². The monoisotopic (exact) mass is 440 g/mol. The molecule has 0 saturated carbocycles. The molecular formula is C27H28N4O2. The second-order valence-corrected chi connectivity index (χ2v) is 8.79. The number of hydrogen-bond acceptors (Lipinski definition) is 6. The van der Waals surface area contributed by atoms with Crippen LogP contribution >= 0.6 is 0 Å². The molecule has 2 aromatic carbocycles. The van der Waals surface area contributed by atoms with Crippen LogP contribution in [0.15, 0.2) is 60.8 Å². The predicted molar refractivity (Wildman–Crippen MR) is 128 cm³/mol. The number of rotatable bonds is 4. The highest BCUT2D eigenvalue weighted by Gasteiger charge is 2.46. The minimum absolute atomic E-state index is 0.0787. The molecule has 6 heteroatoms. The van der Waals surface area contributed by atoms with Gasteiger partial charge in [0.05, 0.1) is 12.8 Å². The number of piperidine rings is 1. The number of para-hydroxylation sites is 1. The largest absolute Gasteiger partial charge is 0.481 e. The minimum Gasteiger partial charge on any atom is -0.481 e. The fourth-order valence-corrected chi connectivity index (χ4v) is 5.08. The van der Waals surface area contributed by atoms with Crippen molar-refractivity contribution in [2.24, 2.45) is 11.1 Å². The molecule has 1 aromatic heterocycles. The molecule has 5 rings (SSSR count). The first-order chi connectivity index (χ1) is 16.2. The van der Waals surface area contributed by atoms with Crippen LogP contribution in [-0.2, 0) is 13.0 Å². The van der Waals surface area contributed by atoms with Gasteiger partial charge < -0.3 is 20.5 Å². The van der Waals surface area contributed by atoms with Gasteiger partial charge in [0.25, 0.3) is 0 Å². The number of aliphatic hydroxyl groups is 1. The highest BCUT2D eigenvalue weighted by atomic mass is 16.5. The third-order valence-corrected chi connectivity index (χ3v) is 6.89. The van der Waals surface area contributed by atoms with Crippen LogP contribution < -0.4 is 15.4 Å². The maximum Gasteiger partial charge on any atom is 0.152 e. The standard InChI is InChI=1S/C27H28N4O2/c28-25-23-11-5-4-7-20(23)17-27(25)12-14-31(15-13-27)26-24(19-32)30-21(18-29-26)8-6-16-33-22-9-2-1-3-10-22/h1-5,7,9-11,18,25,32H,12-17,19,28H2/t25-/m1/s1. The van der Waals surface area contributed by atoms with E-state index >= 15 is 0 Å². The number of fused-ring (bicyclic) bond motifs is 1. The van der Waals surface area contributed by atoms with Crippen LogP contribution in [0.4, 0.5) is 5.82 Å². The number of aliphatic hydroxyl groups excluding tert-OH is 1. The summed E-state index contributed by atoms with van der Waals surface area (Å²) in [7, 11) is 0. The molecule has 1 fully saturated rings. The van der Waals surface area contributed by atoms with Crippen LogP contribution in [0, 0.1) is 17.3 Å². The molecule has 168 valence electrons. The van der Waals surface area contributed by atoms with Crippen molar-refractivity contribution in [1.29, 1.82) is 0 Å². The Kier molecular flexibility index (Phi) is 5.99. The number of nitrogens with two attached hydrogens (primary N) is 1. The van der Waals surface area contributed by atoms with Gasteiger partial charge in [-0.2, -0.15) is 0 Å². The van der Waals surface area contributed by atoms with Crippen molar-refractivity contribution in [3.05, 3.63) is 83.3 Å². The van der Waals surface area contributed by atoms with Crippen molar-refractivity contribution < 1.29 is 9.84 Å². The maximum absolute atomic E-state index is 9.94. The van der Waals surface area contributed by atoms with Gasteiger partial charge in [-0.05, 0) is 53.9 Å². The fraction of sp³-hybridized carbons (Fsp3) is 0.333. The van der Waals surface area contributed by atoms with E-state index in [0.717, 1.165) is 43.9 Å². The van der Waals surface area contributed by atoms with E-state index in [9.17, 15) is 5.11 Å². The number of nitrogens with zero attached hydrogens (tertiary/aromatic N) is 3. The van der Waals surface area contributed by atoms with Crippen LogP contribution in [0.5, 0.6) is 5.75 Å². The normalized spacial score (nSPS) is 18.5. The molecule has 3 aromatic rings. The molecule has 6 nitrogen and oxygen atoms in total. The fourth-order valence-electron chi connectivity index (χ4n) is 5.08. The number of hydrogen-bond donors (Lipinski definition) is 2. The third kappa shape index (κ3) is 4.30. The summed E-state index contributed by atoms with van der Waals surface area (Å²) in [5.41, 5.74) is 10.6. The molecule has 1 aliphatic heterocycles. The summed E-state index contributed by atoms with van der Waals surface area (Å²) in [4.78, 5) is 11.4. The van der Waals surface area contributed by atoms with Crippen molar-refractivity contribution >= 4 is 5.82 Å². The van der Waals surface area contributed by atoms with Crippen molar-refractivity contribution in [3.8, 4) is 17.6 Å². The van der Waals surface area contributed by atoms with E-state index in [2.05, 4.69) is 51.0 Å². The quantitative estimate of drug-likeness (QED) is 0.606. The molecule has 0 amide bonds. The van der Waals surface area contributed by atoms with Gasteiger partial charge in [0, 0.05) is 19.1 Å². The van der Waals surface area contributed by atoms with Gasteiger partial charge >= 0.3 is 0 Å². The van der Waals surface area contributed by atoms with E-state index in [1.807, 2.05) is 30.3 Å². The lowest BCUT2D eigenvalue weighted by Gasteiger charge is -2.42. The van der Waals surface area contributed by atoms with Gasteiger partial charge in [0.2, 0.25) is 0 Å². The van der Waals surface area contributed by atoms with Crippen LogP contribution in [-0.4, -0.2) is 34.8 Å². The predicted octanol–water partition coefficient (Wildman–Crippen LogP) is 3.24. The Labute approximate surface area is 194 Å². The first kappa shape index (κ1) is 21.4. The number of benzene rings is 2. The molecule has 3 N–H and O–H groups in total. The Balaban J connectivity index is 1.24. The van der Waals surface area contributed by atoms with Crippen LogP contribution in [0.25, 0.3) is 0 Å². The van der Waals surface area contributed by atoms with E-state index in [4.69, 9.17) is 10.5 Å². The van der Waals surface area contributed by atoms with E-state index in [-0.39, 0.29) is 24.7 Å². The summed E-state index contributed by atoms with van der Waals surface area (Å²) in [5, 5.41) is 9.94. The number of aromatic nitrogens is 2. The molecule has 1 saturated heterocycles. The van der Waals surface area contributed by atoms with Crippen molar-refractivity contribution in [2.75, 3.05) is 24.6 Å². The van der Waals surface area contributed by atoms with Gasteiger partial charge in [-0.15, -0.1) is 0 Å². The molecule has 33 heavy (non-hydrogen) atoms. The summed E-state index contributed by atoms with van der Waals surface area (Å²) in [5.74, 6) is 7.46. The van der Waals surface area contributed by atoms with E-state index in [1.54, 1.807) is 6.20 Å². The Morgan fingerprint density at radius 3 is 2.61 bits per heavy atom. The Morgan fingerprint density at radius 1 is 1.09 bits per heavy atom. The zero-order valence-electron chi connectivity index (χ0n) is 18.6. The molecule has 0 bridgehead atoms. The smallest absolute Gasteiger partial charge is 0.152 e. The van der Waals surface area contributed by atoms with Gasteiger partial charge in [-0.1, -0.05) is 48.4 Å². The number of anilines is 1. The molecule has 1 atom stereocenters. The molecular weight excluding hydrogens is 412 g/mol. The number of ether oxygens (including phenoxy) is 1. The molecule has 2 heterocycles. The lowest BCUT2D eigenvalue weighted by Crippen LogP contribution is -2.45. The van der Waals surface area contributed by atoms with Crippen LogP contribution in [0.3, 0.4) is 0 Å². The van der Waals surface area contributed by atoms with E-state index in [1.165, 1.54) is 11.1 Å². The Bertz CT molecular complexity index is 1180. The first-order valence-corrected chi connectivity index (χ1v) is 11.4. The zero-order valence-corrected chi connectivity index (χ0v) is 18.6. The highest BCUT2D eigenvalue weighted by Crippen LogP contribution is 2.50. The molecule has 0 radical (unpaired) electrons.